The number of carbonyl (C=O) groups is 8. The van der Waals surface area contributed by atoms with Gasteiger partial charge in [-0.2, -0.15) is 0 Å². The van der Waals surface area contributed by atoms with E-state index >= 15 is 0 Å². The van der Waals surface area contributed by atoms with Crippen LogP contribution in [0.3, 0.4) is 0 Å². The lowest BCUT2D eigenvalue weighted by Crippen LogP contribution is -2.61. The number of amides is 7. The maximum Gasteiger partial charge on any atom is 0.408 e. The fourth-order valence-electron chi connectivity index (χ4n) is 5.54. The van der Waals surface area contributed by atoms with Gasteiger partial charge in [0.2, 0.25) is 35.4 Å². The smallest absolute Gasteiger partial charge is 0.408 e. The van der Waals surface area contributed by atoms with Crippen molar-refractivity contribution < 1.29 is 52.9 Å². The molecule has 7 amide bonds. The Balaban J connectivity index is 3.25. The van der Waals surface area contributed by atoms with Crippen molar-refractivity contribution in [1.82, 2.24) is 36.8 Å². The molecule has 0 unspecified atom stereocenters. The van der Waals surface area contributed by atoms with Crippen molar-refractivity contribution in [3.63, 3.8) is 0 Å². The Bertz CT molecular complexity index is 1620. The Morgan fingerprint density at radius 3 is 1.78 bits per heavy atom. The van der Waals surface area contributed by atoms with Gasteiger partial charge in [0.1, 0.15) is 47.9 Å². The third-order valence-electron chi connectivity index (χ3n) is 9.26. The largest absolute Gasteiger partial charge is 0.467 e. The van der Waals surface area contributed by atoms with Gasteiger partial charge in [0.15, 0.2) is 0 Å². The molecule has 0 heterocycles. The van der Waals surface area contributed by atoms with E-state index < -0.39 is 102 Å². The van der Waals surface area contributed by atoms with Gasteiger partial charge in [-0.25, -0.2) is 9.59 Å². The zero-order valence-corrected chi connectivity index (χ0v) is 36.2. The lowest BCUT2D eigenvalue weighted by molar-refractivity contribution is -0.147. The summed E-state index contributed by atoms with van der Waals surface area (Å²) in [5.41, 5.74) is -0.193. The van der Waals surface area contributed by atoms with E-state index in [9.17, 15) is 43.5 Å². The molecule has 0 aliphatic heterocycles. The van der Waals surface area contributed by atoms with Gasteiger partial charge in [0.05, 0.1) is 13.7 Å². The summed E-state index contributed by atoms with van der Waals surface area (Å²) in [6, 6.07) is 0.433. The molecule has 0 saturated carbocycles. The minimum atomic E-state index is -1.43. The highest BCUT2D eigenvalue weighted by Crippen LogP contribution is 2.14. The average molecular weight is 832 g/mol. The van der Waals surface area contributed by atoms with Crippen LogP contribution in [0.4, 0.5) is 4.79 Å². The second-order valence-corrected chi connectivity index (χ2v) is 15.7. The second kappa shape index (κ2) is 24.4. The molecule has 0 saturated heterocycles. The number of carbonyl (C=O) groups excluding carboxylic acids is 8. The molecule has 0 radical (unpaired) electrons. The lowest BCUT2D eigenvalue weighted by atomic mass is 9.96. The van der Waals surface area contributed by atoms with Gasteiger partial charge in [-0.3, -0.25) is 28.8 Å². The highest BCUT2D eigenvalue weighted by Gasteiger charge is 2.37. The predicted octanol–water partition coefficient (Wildman–Crippen LogP) is 0.857. The van der Waals surface area contributed by atoms with Crippen LogP contribution in [0.5, 0.6) is 0 Å². The number of nitrogens with one attached hydrogen (secondary N) is 6. The average Bonchev–Trinajstić information content (AvgIpc) is 3.17. The first-order valence-electron chi connectivity index (χ1n) is 19.7. The summed E-state index contributed by atoms with van der Waals surface area (Å²) in [5, 5.41) is 24.9. The van der Waals surface area contributed by atoms with E-state index in [2.05, 4.69) is 38.5 Å². The van der Waals surface area contributed by atoms with Crippen LogP contribution in [-0.2, 0) is 49.5 Å². The first-order valence-corrected chi connectivity index (χ1v) is 19.7. The molecule has 330 valence electrons. The van der Waals surface area contributed by atoms with Crippen LogP contribution in [-0.4, -0.2) is 126 Å². The van der Waals surface area contributed by atoms with Gasteiger partial charge in [0.25, 0.3) is 0 Å². The monoisotopic (exact) mass is 831 g/mol. The molecule has 18 nitrogen and oxygen atoms in total. The Hall–Kier alpha value is -5.52. The number of nitrogens with zero attached hydrogens (tertiary/aromatic N) is 1. The van der Waals surface area contributed by atoms with E-state index in [1.54, 1.807) is 71.9 Å². The molecule has 0 aromatic heterocycles. The number of hydrogen-bond acceptors (Lipinski definition) is 11. The molecule has 0 aliphatic carbocycles. The van der Waals surface area contributed by atoms with E-state index in [0.29, 0.717) is 12.0 Å². The van der Waals surface area contributed by atoms with E-state index in [1.807, 2.05) is 6.92 Å². The number of methoxy groups -OCH3 is 1. The predicted molar refractivity (Wildman–Crippen MR) is 219 cm³/mol. The summed E-state index contributed by atoms with van der Waals surface area (Å²) in [6.07, 6.45) is 0.946. The van der Waals surface area contributed by atoms with Crippen molar-refractivity contribution >= 4 is 47.5 Å². The molecule has 59 heavy (non-hydrogen) atoms. The number of aliphatic hydroxyl groups is 1. The standard InChI is InChI=1S/C41H65N7O11/c1-13-20-48(27(8)35(52)47-32(24(5)14-2)37(54)46-31(23(3)4)39(56)58-12)38(55)29(21-28-18-16-15-17-19-28)44-34(51)26(7)42-33(50)25(6)43-36(53)30(22-49)45-40(57)59-41(9,10)11/h13,15-19,23-27,29-32,49H,1,14,20-22H2,2-12H3,(H,42,50)(H,43,53)(H,44,51)(H,45,57)(H,46,54)(H,47,52)/t24-,25-,26-,27-,29-,30-,31-,32-/m0/s1. The molecule has 0 spiro atoms. The van der Waals surface area contributed by atoms with Crippen molar-refractivity contribution in [1.29, 1.82) is 0 Å². The van der Waals surface area contributed by atoms with Gasteiger partial charge >= 0.3 is 12.1 Å². The Labute approximate surface area is 347 Å². The van der Waals surface area contributed by atoms with Gasteiger partial charge < -0.3 is 51.4 Å². The van der Waals surface area contributed by atoms with Crippen LogP contribution >= 0.6 is 0 Å². The van der Waals surface area contributed by atoms with Crippen molar-refractivity contribution in [2.75, 3.05) is 20.3 Å². The topological polar surface area (TPSA) is 251 Å². The second-order valence-electron chi connectivity index (χ2n) is 15.7. The lowest BCUT2D eigenvalue weighted by Gasteiger charge is -2.33. The number of aliphatic hydroxyl groups excluding tert-OH is 1. The van der Waals surface area contributed by atoms with Gasteiger partial charge in [-0.1, -0.05) is 70.5 Å². The van der Waals surface area contributed by atoms with Gasteiger partial charge in [-0.15, -0.1) is 6.58 Å². The minimum Gasteiger partial charge on any atom is -0.467 e. The SMILES string of the molecule is C=CCN(C(=O)[C@H](Cc1ccccc1)NC(=O)[C@H](C)NC(=O)[C@H](C)NC(=O)[C@H](CO)NC(=O)OC(C)(C)C)[C@@H](C)C(=O)N[C@H](C(=O)N[C@H](C(=O)OC)C(C)C)[C@@H](C)CC. The summed E-state index contributed by atoms with van der Waals surface area (Å²) in [5.74, 6) is -5.69. The van der Waals surface area contributed by atoms with Crippen molar-refractivity contribution in [2.24, 2.45) is 11.8 Å². The minimum absolute atomic E-state index is 0.00423. The summed E-state index contributed by atoms with van der Waals surface area (Å²) < 4.78 is 9.96. The first kappa shape index (κ1) is 51.5. The number of esters is 1. The van der Waals surface area contributed by atoms with Crippen LogP contribution in [0.1, 0.15) is 81.2 Å². The Kier molecular flexibility index (Phi) is 21.3. The van der Waals surface area contributed by atoms with Crippen LogP contribution in [0.15, 0.2) is 43.0 Å². The molecule has 1 aromatic carbocycles. The summed E-state index contributed by atoms with van der Waals surface area (Å²) in [6.45, 7) is 18.9. The van der Waals surface area contributed by atoms with Gasteiger partial charge in [-0.05, 0) is 58.9 Å². The van der Waals surface area contributed by atoms with Crippen LogP contribution < -0.4 is 31.9 Å². The normalized spacial score (nSPS) is 15.3. The van der Waals surface area contributed by atoms with Crippen LogP contribution in [0.25, 0.3) is 0 Å². The number of rotatable bonds is 22. The quantitative estimate of drug-likeness (QED) is 0.0638. The van der Waals surface area contributed by atoms with Crippen molar-refractivity contribution in [2.45, 2.75) is 130 Å². The zero-order valence-electron chi connectivity index (χ0n) is 36.2. The molecule has 0 aliphatic rings. The molecule has 7 N–H and O–H groups in total. The number of hydrogen-bond donors (Lipinski definition) is 7. The molecule has 18 heteroatoms. The first-order chi connectivity index (χ1) is 27.5. The fraction of sp³-hybridized carbons (Fsp3) is 0.610. The molecule has 1 aromatic rings. The molecular formula is C41H65N7O11. The van der Waals surface area contributed by atoms with Crippen molar-refractivity contribution in [3.8, 4) is 0 Å². The number of alkyl carbamates (subject to hydrolysis) is 1. The van der Waals surface area contributed by atoms with Gasteiger partial charge in [0, 0.05) is 13.0 Å². The molecular weight excluding hydrogens is 766 g/mol. The molecule has 0 fully saturated rings. The number of ether oxygens (including phenoxy) is 2. The van der Waals surface area contributed by atoms with Crippen molar-refractivity contribution in [3.05, 3.63) is 48.6 Å². The highest BCUT2D eigenvalue weighted by molar-refractivity contribution is 5.97. The Morgan fingerprint density at radius 2 is 1.29 bits per heavy atom. The van der Waals surface area contributed by atoms with Crippen LogP contribution in [0.2, 0.25) is 0 Å². The third-order valence-corrected chi connectivity index (χ3v) is 9.26. The molecule has 0 bridgehead atoms. The maximum absolute atomic E-state index is 14.3. The Morgan fingerprint density at radius 1 is 0.746 bits per heavy atom. The van der Waals surface area contributed by atoms with E-state index in [-0.39, 0.29) is 24.8 Å². The maximum atomic E-state index is 14.3. The summed E-state index contributed by atoms with van der Waals surface area (Å²) in [4.78, 5) is 107. The zero-order chi connectivity index (χ0) is 45.2. The van der Waals surface area contributed by atoms with E-state index in [1.165, 1.54) is 38.9 Å². The highest BCUT2D eigenvalue weighted by atomic mass is 16.6. The van der Waals surface area contributed by atoms with Crippen LogP contribution in [0, 0.1) is 11.8 Å². The third kappa shape index (κ3) is 17.1. The number of benzene rings is 1. The van der Waals surface area contributed by atoms with E-state index in [0.717, 1.165) is 0 Å². The summed E-state index contributed by atoms with van der Waals surface area (Å²) >= 11 is 0. The fourth-order valence-corrected chi connectivity index (χ4v) is 5.54. The summed E-state index contributed by atoms with van der Waals surface area (Å²) in [7, 11) is 1.21. The molecule has 8 atom stereocenters. The molecule has 1 rings (SSSR count). The van der Waals surface area contributed by atoms with E-state index in [4.69, 9.17) is 9.47 Å².